The van der Waals surface area contributed by atoms with Crippen molar-refractivity contribution in [3.05, 3.63) is 35.9 Å². The summed E-state index contributed by atoms with van der Waals surface area (Å²) in [5, 5.41) is 0. The molecule has 0 bridgehead atoms. The maximum Gasteiger partial charge on any atom is 0.352 e. The molecule has 1 aromatic rings. The third-order valence-corrected chi connectivity index (χ3v) is 3.27. The summed E-state index contributed by atoms with van der Waals surface area (Å²) in [7, 11) is 0.993. The van der Waals surface area contributed by atoms with Crippen molar-refractivity contribution in [2.75, 3.05) is 13.7 Å². The molecule has 0 saturated carbocycles. The maximum absolute atomic E-state index is 15.1. The van der Waals surface area contributed by atoms with Crippen LogP contribution >= 0.6 is 0 Å². The molecule has 1 aliphatic rings. The highest BCUT2D eigenvalue weighted by atomic mass is 19.1. The predicted octanol–water partition coefficient (Wildman–Crippen LogP) is 1.31. The van der Waals surface area contributed by atoms with Gasteiger partial charge in [0.1, 0.15) is 0 Å². The summed E-state index contributed by atoms with van der Waals surface area (Å²) in [5.74, 6) is -4.14. The number of esters is 2. The minimum Gasteiger partial charge on any atom is -0.466 e. The molecule has 5 nitrogen and oxygen atoms in total. The molecule has 6 heteroatoms. The molecule has 0 aromatic heterocycles. The van der Waals surface area contributed by atoms with Gasteiger partial charge >= 0.3 is 11.9 Å². The van der Waals surface area contributed by atoms with E-state index in [2.05, 4.69) is 9.47 Å². The SMILES string of the molecule is COC(=O)[C@@](F)(C(=O)c1ccccc1)[C@@H]1COC(=O)C1. The van der Waals surface area contributed by atoms with Crippen LogP contribution in [-0.4, -0.2) is 37.1 Å². The predicted molar refractivity (Wildman–Crippen MR) is 65.7 cm³/mol. The van der Waals surface area contributed by atoms with E-state index in [0.29, 0.717) is 0 Å². The fourth-order valence-electron chi connectivity index (χ4n) is 2.16. The topological polar surface area (TPSA) is 69.7 Å². The van der Waals surface area contributed by atoms with Gasteiger partial charge < -0.3 is 9.47 Å². The molecule has 20 heavy (non-hydrogen) atoms. The van der Waals surface area contributed by atoms with Crippen LogP contribution in [0.2, 0.25) is 0 Å². The van der Waals surface area contributed by atoms with Crippen molar-refractivity contribution in [3.8, 4) is 0 Å². The molecule has 0 radical (unpaired) electrons. The van der Waals surface area contributed by atoms with Crippen LogP contribution in [0.3, 0.4) is 0 Å². The first-order valence-electron chi connectivity index (χ1n) is 6.03. The summed E-state index contributed by atoms with van der Waals surface area (Å²) in [5.41, 5.74) is -2.87. The number of Topliss-reactive ketones (excluding diaryl/α,β-unsaturated/α-hetero) is 1. The molecule has 1 aliphatic heterocycles. The highest BCUT2D eigenvalue weighted by molar-refractivity contribution is 6.16. The Labute approximate surface area is 114 Å². The Kier molecular flexibility index (Phi) is 3.83. The van der Waals surface area contributed by atoms with E-state index < -0.39 is 29.3 Å². The number of hydrogen-bond donors (Lipinski definition) is 0. The monoisotopic (exact) mass is 280 g/mol. The van der Waals surface area contributed by atoms with Gasteiger partial charge in [0.2, 0.25) is 5.78 Å². The number of ether oxygens (including phenoxy) is 2. The number of ketones is 1. The molecule has 0 aliphatic carbocycles. The van der Waals surface area contributed by atoms with Gasteiger partial charge in [0.05, 0.1) is 26.1 Å². The fraction of sp³-hybridized carbons (Fsp3) is 0.357. The van der Waals surface area contributed by atoms with E-state index in [0.717, 1.165) is 7.11 Å². The number of benzene rings is 1. The molecule has 2 atom stereocenters. The van der Waals surface area contributed by atoms with E-state index >= 15 is 4.39 Å². The molecule has 0 unspecified atom stereocenters. The normalized spacial score (nSPS) is 20.9. The summed E-state index contributed by atoms with van der Waals surface area (Å²) in [6, 6.07) is 7.58. The van der Waals surface area contributed by atoms with Gasteiger partial charge in [-0.3, -0.25) is 9.59 Å². The van der Waals surface area contributed by atoms with E-state index in [1.807, 2.05) is 0 Å². The lowest BCUT2D eigenvalue weighted by molar-refractivity contribution is -0.154. The van der Waals surface area contributed by atoms with Crippen molar-refractivity contribution in [2.24, 2.45) is 5.92 Å². The maximum atomic E-state index is 15.1. The zero-order valence-electron chi connectivity index (χ0n) is 10.8. The lowest BCUT2D eigenvalue weighted by Crippen LogP contribution is -2.50. The van der Waals surface area contributed by atoms with Crippen LogP contribution in [0, 0.1) is 5.92 Å². The molecular formula is C14H13FO5. The average Bonchev–Trinajstić information content (AvgIpc) is 2.92. The quantitative estimate of drug-likeness (QED) is 0.472. The summed E-state index contributed by atoms with van der Waals surface area (Å²) in [6.07, 6.45) is -0.329. The lowest BCUT2D eigenvalue weighted by Gasteiger charge is -2.25. The highest BCUT2D eigenvalue weighted by Crippen LogP contribution is 2.34. The van der Waals surface area contributed by atoms with Gasteiger partial charge in [0.15, 0.2) is 0 Å². The van der Waals surface area contributed by atoms with Crippen LogP contribution in [0.15, 0.2) is 30.3 Å². The Bertz CT molecular complexity index is 542. The molecule has 2 rings (SSSR count). The first-order chi connectivity index (χ1) is 9.50. The Morgan fingerprint density at radius 3 is 2.50 bits per heavy atom. The summed E-state index contributed by atoms with van der Waals surface area (Å²) in [4.78, 5) is 35.2. The van der Waals surface area contributed by atoms with Crippen LogP contribution in [0.1, 0.15) is 16.8 Å². The van der Waals surface area contributed by atoms with Gasteiger partial charge in [-0.2, -0.15) is 0 Å². The van der Waals surface area contributed by atoms with E-state index in [4.69, 9.17) is 0 Å². The minimum absolute atomic E-state index is 0.0414. The smallest absolute Gasteiger partial charge is 0.352 e. The van der Waals surface area contributed by atoms with Crippen molar-refractivity contribution < 1.29 is 28.2 Å². The Hall–Kier alpha value is -2.24. The number of carbonyl (C=O) groups excluding carboxylic acids is 3. The van der Waals surface area contributed by atoms with Gasteiger partial charge in [-0.15, -0.1) is 0 Å². The minimum atomic E-state index is -2.91. The molecular weight excluding hydrogens is 267 g/mol. The number of halogens is 1. The number of carbonyl (C=O) groups is 3. The number of methoxy groups -OCH3 is 1. The first kappa shape index (κ1) is 14.2. The van der Waals surface area contributed by atoms with Crippen molar-refractivity contribution in [2.45, 2.75) is 12.1 Å². The third-order valence-electron chi connectivity index (χ3n) is 3.27. The largest absolute Gasteiger partial charge is 0.466 e. The fourth-order valence-corrected chi connectivity index (χ4v) is 2.16. The van der Waals surface area contributed by atoms with Crippen LogP contribution < -0.4 is 0 Å². The van der Waals surface area contributed by atoms with Crippen molar-refractivity contribution in [1.29, 1.82) is 0 Å². The second-order valence-corrected chi connectivity index (χ2v) is 4.48. The second kappa shape index (κ2) is 5.40. The van der Waals surface area contributed by atoms with Gasteiger partial charge in [0, 0.05) is 5.56 Å². The number of rotatable bonds is 4. The molecule has 1 heterocycles. The van der Waals surface area contributed by atoms with E-state index in [-0.39, 0.29) is 18.6 Å². The van der Waals surface area contributed by atoms with E-state index in [9.17, 15) is 14.4 Å². The molecule has 106 valence electrons. The number of alkyl halides is 1. The van der Waals surface area contributed by atoms with Gasteiger partial charge in [-0.25, -0.2) is 9.18 Å². The molecule has 0 spiro atoms. The van der Waals surface area contributed by atoms with E-state index in [1.165, 1.54) is 12.1 Å². The average molecular weight is 280 g/mol. The Balaban J connectivity index is 2.39. The first-order valence-corrected chi connectivity index (χ1v) is 6.03. The van der Waals surface area contributed by atoms with Gasteiger partial charge in [0.25, 0.3) is 5.67 Å². The summed E-state index contributed by atoms with van der Waals surface area (Å²) in [6.45, 7) is -0.316. The zero-order valence-corrected chi connectivity index (χ0v) is 10.8. The second-order valence-electron chi connectivity index (χ2n) is 4.48. The standard InChI is InChI=1S/C14H13FO5/c1-19-13(18)14(15,10-7-11(16)20-8-10)12(17)9-5-3-2-4-6-9/h2-6,10H,7-8H2,1H3/t10-,14-/m0/s1. The Morgan fingerprint density at radius 2 is 2.00 bits per heavy atom. The molecule has 0 N–H and O–H groups in total. The van der Waals surface area contributed by atoms with Gasteiger partial charge in [-0.1, -0.05) is 30.3 Å². The molecule has 1 saturated heterocycles. The summed E-state index contributed by atoms with van der Waals surface area (Å²) >= 11 is 0. The van der Waals surface area contributed by atoms with Gasteiger partial charge in [-0.05, 0) is 0 Å². The van der Waals surface area contributed by atoms with Crippen LogP contribution in [0.4, 0.5) is 4.39 Å². The van der Waals surface area contributed by atoms with Crippen molar-refractivity contribution >= 4 is 17.7 Å². The van der Waals surface area contributed by atoms with Crippen LogP contribution in [0.5, 0.6) is 0 Å². The van der Waals surface area contributed by atoms with Crippen molar-refractivity contribution in [1.82, 2.24) is 0 Å². The number of cyclic esters (lactones) is 1. The molecule has 1 aromatic carbocycles. The van der Waals surface area contributed by atoms with Crippen LogP contribution in [-0.2, 0) is 19.1 Å². The lowest BCUT2D eigenvalue weighted by atomic mass is 9.82. The summed E-state index contributed by atoms with van der Waals surface area (Å²) < 4.78 is 24.1. The molecule has 1 fully saturated rings. The zero-order chi connectivity index (χ0) is 14.8. The molecule has 0 amide bonds. The van der Waals surface area contributed by atoms with Crippen molar-refractivity contribution in [3.63, 3.8) is 0 Å². The Morgan fingerprint density at radius 1 is 1.35 bits per heavy atom. The van der Waals surface area contributed by atoms with Crippen LogP contribution in [0.25, 0.3) is 0 Å². The number of hydrogen-bond acceptors (Lipinski definition) is 5. The highest BCUT2D eigenvalue weighted by Gasteiger charge is 2.57. The third kappa shape index (κ3) is 2.29. The van der Waals surface area contributed by atoms with E-state index in [1.54, 1.807) is 18.2 Å².